The van der Waals surface area contributed by atoms with E-state index >= 15 is 0 Å². The highest BCUT2D eigenvalue weighted by atomic mass is 16.2. The molecule has 1 atom stereocenters. The van der Waals surface area contributed by atoms with Crippen molar-refractivity contribution in [3.8, 4) is 0 Å². The molecule has 2 rings (SSSR count). The van der Waals surface area contributed by atoms with Gasteiger partial charge < -0.3 is 0 Å². The summed E-state index contributed by atoms with van der Waals surface area (Å²) in [4.78, 5) is 23.5. The van der Waals surface area contributed by atoms with E-state index in [1.807, 2.05) is 0 Å². The number of aryl methyl sites for hydroxylation is 1. The van der Waals surface area contributed by atoms with E-state index in [0.29, 0.717) is 6.42 Å². The molecule has 6 nitrogen and oxygen atoms in total. The minimum absolute atomic E-state index is 0.205. The topological polar surface area (TPSA) is 76.9 Å². The zero-order valence-corrected chi connectivity index (χ0v) is 7.73. The van der Waals surface area contributed by atoms with Crippen molar-refractivity contribution < 1.29 is 9.59 Å². The lowest BCUT2D eigenvalue weighted by Gasteiger charge is -2.00. The fourth-order valence-electron chi connectivity index (χ4n) is 1.51. The van der Waals surface area contributed by atoms with Gasteiger partial charge in [0.25, 0.3) is 0 Å². The maximum Gasteiger partial charge on any atom is 0.230 e. The number of carbonyl (C=O) groups excluding carboxylic acids is 2. The third kappa shape index (κ3) is 1.63. The number of imide groups is 1. The van der Waals surface area contributed by atoms with Crippen molar-refractivity contribution in [1.29, 1.82) is 0 Å². The van der Waals surface area contributed by atoms with Crippen LogP contribution >= 0.6 is 0 Å². The third-order valence-corrected chi connectivity index (χ3v) is 2.17. The van der Waals surface area contributed by atoms with Gasteiger partial charge in [-0.15, -0.1) is 0 Å². The van der Waals surface area contributed by atoms with Crippen LogP contribution in [0, 0.1) is 5.92 Å². The van der Waals surface area contributed by atoms with Gasteiger partial charge in [0.2, 0.25) is 11.8 Å². The summed E-state index contributed by atoms with van der Waals surface area (Å²) in [6.07, 6.45) is 2.34. The Bertz CT molecular complexity index is 384. The Morgan fingerprint density at radius 3 is 2.93 bits per heavy atom. The highest BCUT2D eigenvalue weighted by Crippen LogP contribution is 2.15. The van der Waals surface area contributed by atoms with Crippen molar-refractivity contribution in [2.75, 3.05) is 0 Å². The molecule has 1 saturated heterocycles. The Morgan fingerprint density at radius 2 is 2.43 bits per heavy atom. The third-order valence-electron chi connectivity index (χ3n) is 2.17. The first kappa shape index (κ1) is 8.86. The number of rotatable bonds is 2. The van der Waals surface area contributed by atoms with Crippen molar-refractivity contribution in [2.45, 2.75) is 12.8 Å². The van der Waals surface area contributed by atoms with Crippen molar-refractivity contribution in [3.63, 3.8) is 0 Å². The van der Waals surface area contributed by atoms with Crippen molar-refractivity contribution >= 4 is 11.8 Å². The van der Waals surface area contributed by atoms with Gasteiger partial charge in [0, 0.05) is 19.9 Å². The largest absolute Gasteiger partial charge is 0.296 e. The molecule has 1 aliphatic heterocycles. The molecule has 1 fully saturated rings. The average Bonchev–Trinajstić information content (AvgIpc) is 2.61. The first-order valence-electron chi connectivity index (χ1n) is 4.34. The lowest BCUT2D eigenvalue weighted by atomic mass is 10.0. The Kier molecular flexibility index (Phi) is 2.03. The summed E-state index contributed by atoms with van der Waals surface area (Å²) in [5.74, 6) is -0.691. The van der Waals surface area contributed by atoms with Crippen molar-refractivity contribution in [1.82, 2.24) is 20.3 Å². The summed E-state index contributed by atoms with van der Waals surface area (Å²) >= 11 is 0. The van der Waals surface area contributed by atoms with Crippen LogP contribution in [-0.4, -0.2) is 26.8 Å². The summed E-state index contributed by atoms with van der Waals surface area (Å²) in [6.45, 7) is 0. The van der Waals surface area contributed by atoms with Crippen molar-refractivity contribution in [3.05, 3.63) is 11.9 Å². The molecule has 14 heavy (non-hydrogen) atoms. The molecule has 1 N–H and O–H groups in total. The van der Waals surface area contributed by atoms with Crippen molar-refractivity contribution in [2.24, 2.45) is 13.0 Å². The van der Waals surface area contributed by atoms with Crippen LogP contribution in [0.4, 0.5) is 0 Å². The van der Waals surface area contributed by atoms with Gasteiger partial charge in [-0.1, -0.05) is 0 Å². The molecular weight excluding hydrogens is 184 g/mol. The number of aromatic nitrogens is 3. The molecule has 0 aliphatic carbocycles. The first-order valence-corrected chi connectivity index (χ1v) is 4.34. The molecule has 2 amide bonds. The second kappa shape index (κ2) is 3.21. The molecule has 2 heterocycles. The van der Waals surface area contributed by atoms with E-state index in [1.165, 1.54) is 4.80 Å². The zero-order chi connectivity index (χ0) is 10.1. The molecule has 74 valence electrons. The number of hydrogen-bond donors (Lipinski definition) is 1. The number of hydrogen-bond acceptors (Lipinski definition) is 4. The molecule has 0 radical (unpaired) electrons. The van der Waals surface area contributed by atoms with Crippen LogP contribution in [0.3, 0.4) is 0 Å². The molecule has 0 bridgehead atoms. The van der Waals surface area contributed by atoms with Gasteiger partial charge in [-0.2, -0.15) is 15.0 Å². The first-order chi connectivity index (χ1) is 6.65. The van der Waals surface area contributed by atoms with Gasteiger partial charge in [-0.3, -0.25) is 14.9 Å². The van der Waals surface area contributed by atoms with Crippen LogP contribution < -0.4 is 5.32 Å². The molecule has 6 heteroatoms. The average molecular weight is 194 g/mol. The molecule has 0 spiro atoms. The van der Waals surface area contributed by atoms with E-state index in [4.69, 9.17) is 0 Å². The Hall–Kier alpha value is -1.72. The Labute approximate surface area is 80.3 Å². The SMILES string of the molecule is Cn1ncc(CC2CC(=O)NC2=O)n1. The quantitative estimate of drug-likeness (QED) is 0.614. The van der Waals surface area contributed by atoms with E-state index in [2.05, 4.69) is 15.5 Å². The molecule has 1 aromatic rings. The number of nitrogens with zero attached hydrogens (tertiary/aromatic N) is 3. The summed E-state index contributed by atoms with van der Waals surface area (Å²) in [5, 5.41) is 10.2. The fourth-order valence-corrected chi connectivity index (χ4v) is 1.51. The maximum absolute atomic E-state index is 11.2. The summed E-state index contributed by atoms with van der Waals surface area (Å²) in [6, 6.07) is 0. The van der Waals surface area contributed by atoms with Crippen LogP contribution in [0.5, 0.6) is 0 Å². The van der Waals surface area contributed by atoms with Gasteiger partial charge >= 0.3 is 0 Å². The standard InChI is InChI=1S/C8H10N4O2/c1-12-9-4-6(11-12)2-5-3-7(13)10-8(5)14/h4-5H,2-3H2,1H3,(H,10,13,14). The van der Waals surface area contributed by atoms with Gasteiger partial charge in [0.15, 0.2) is 0 Å². The second-order valence-electron chi connectivity index (χ2n) is 3.34. The predicted octanol–water partition coefficient (Wildman–Crippen LogP) is -0.980. The second-order valence-corrected chi connectivity index (χ2v) is 3.34. The predicted molar refractivity (Wildman–Crippen MR) is 46.0 cm³/mol. The van der Waals surface area contributed by atoms with Gasteiger partial charge in [-0.25, -0.2) is 0 Å². The van der Waals surface area contributed by atoms with Gasteiger partial charge in [0.05, 0.1) is 17.8 Å². The van der Waals surface area contributed by atoms with Gasteiger partial charge in [0.1, 0.15) is 0 Å². The number of amides is 2. The highest BCUT2D eigenvalue weighted by Gasteiger charge is 2.30. The monoisotopic (exact) mass is 194 g/mol. The molecule has 0 aromatic carbocycles. The lowest BCUT2D eigenvalue weighted by Crippen LogP contribution is -2.22. The fraction of sp³-hybridized carbons (Fsp3) is 0.500. The number of nitrogens with one attached hydrogen (secondary N) is 1. The molecule has 0 saturated carbocycles. The van der Waals surface area contributed by atoms with E-state index in [9.17, 15) is 9.59 Å². The number of carbonyl (C=O) groups is 2. The normalized spacial score (nSPS) is 21.4. The van der Waals surface area contributed by atoms with Crippen LogP contribution in [0.1, 0.15) is 12.1 Å². The molecule has 1 unspecified atom stereocenters. The molecular formula is C8H10N4O2. The summed E-state index contributed by atoms with van der Waals surface area (Å²) in [5.41, 5.74) is 0.738. The minimum Gasteiger partial charge on any atom is -0.296 e. The smallest absolute Gasteiger partial charge is 0.230 e. The van der Waals surface area contributed by atoms with E-state index < -0.39 is 0 Å². The van der Waals surface area contributed by atoms with E-state index in [0.717, 1.165) is 5.69 Å². The van der Waals surface area contributed by atoms with Crippen LogP contribution in [0.25, 0.3) is 0 Å². The zero-order valence-electron chi connectivity index (χ0n) is 7.73. The molecule has 1 aromatic heterocycles. The molecule has 1 aliphatic rings. The Morgan fingerprint density at radius 1 is 1.64 bits per heavy atom. The van der Waals surface area contributed by atoms with Crippen LogP contribution in [-0.2, 0) is 23.1 Å². The van der Waals surface area contributed by atoms with E-state index in [-0.39, 0.29) is 24.2 Å². The highest BCUT2D eigenvalue weighted by molar-refractivity contribution is 6.03. The maximum atomic E-state index is 11.2. The van der Waals surface area contributed by atoms with E-state index in [1.54, 1.807) is 13.2 Å². The van der Waals surface area contributed by atoms with Crippen LogP contribution in [0.15, 0.2) is 6.20 Å². The summed E-state index contributed by atoms with van der Waals surface area (Å²) in [7, 11) is 1.71. The van der Waals surface area contributed by atoms with Gasteiger partial charge in [-0.05, 0) is 0 Å². The van der Waals surface area contributed by atoms with Crippen LogP contribution in [0.2, 0.25) is 0 Å². The lowest BCUT2D eigenvalue weighted by molar-refractivity contribution is -0.125. The minimum atomic E-state index is -0.279. The Balaban J connectivity index is 2.05. The summed E-state index contributed by atoms with van der Waals surface area (Å²) < 4.78 is 0.